The summed E-state index contributed by atoms with van der Waals surface area (Å²) < 4.78 is 5.49. The molecular weight excluding hydrogens is 364 g/mol. The van der Waals surface area contributed by atoms with Crippen molar-refractivity contribution >= 4 is 23.3 Å². The Morgan fingerprint density at radius 2 is 2.07 bits per heavy atom. The van der Waals surface area contributed by atoms with E-state index in [4.69, 9.17) is 16.1 Å². The van der Waals surface area contributed by atoms with Gasteiger partial charge in [0.25, 0.3) is 0 Å². The maximum Gasteiger partial charge on any atom is 0.322 e. The quantitative estimate of drug-likeness (QED) is 0.686. The van der Waals surface area contributed by atoms with Gasteiger partial charge in [-0.2, -0.15) is 4.98 Å². The van der Waals surface area contributed by atoms with E-state index in [9.17, 15) is 4.79 Å². The molecule has 1 aromatic heterocycles. The molecule has 138 valence electrons. The molecule has 1 N–H and O–H groups in total. The molecule has 1 aliphatic rings. The van der Waals surface area contributed by atoms with Crippen LogP contribution in [0.5, 0.6) is 0 Å². The number of rotatable bonds is 3. The molecule has 0 bridgehead atoms. The summed E-state index contributed by atoms with van der Waals surface area (Å²) in [6.45, 7) is 2.66. The van der Waals surface area contributed by atoms with E-state index in [0.29, 0.717) is 29.0 Å². The molecule has 6 nitrogen and oxygen atoms in total. The van der Waals surface area contributed by atoms with Gasteiger partial charge in [0.15, 0.2) is 0 Å². The largest absolute Gasteiger partial charge is 0.337 e. The number of carbonyl (C=O) groups is 1. The number of halogens is 1. The number of nitrogens with zero attached hydrogens (tertiary/aromatic N) is 3. The summed E-state index contributed by atoms with van der Waals surface area (Å²) in [5, 5.41) is 7.62. The zero-order valence-corrected chi connectivity index (χ0v) is 15.6. The van der Waals surface area contributed by atoms with Crippen LogP contribution in [0.2, 0.25) is 5.02 Å². The van der Waals surface area contributed by atoms with Crippen molar-refractivity contribution in [1.29, 1.82) is 0 Å². The van der Waals surface area contributed by atoms with Crippen molar-refractivity contribution in [2.75, 3.05) is 11.9 Å². The monoisotopic (exact) mass is 382 g/mol. The van der Waals surface area contributed by atoms with Gasteiger partial charge in [0, 0.05) is 22.8 Å². The number of hydrogen-bond acceptors (Lipinski definition) is 4. The van der Waals surface area contributed by atoms with Crippen molar-refractivity contribution < 1.29 is 9.32 Å². The van der Waals surface area contributed by atoms with Crippen LogP contribution in [0.4, 0.5) is 10.5 Å². The maximum atomic E-state index is 12.7. The minimum atomic E-state index is -0.219. The van der Waals surface area contributed by atoms with Crippen LogP contribution >= 0.6 is 11.6 Å². The van der Waals surface area contributed by atoms with Crippen LogP contribution in [-0.2, 0) is 0 Å². The highest BCUT2D eigenvalue weighted by Gasteiger charge is 2.34. The second-order valence-electron chi connectivity index (χ2n) is 6.61. The summed E-state index contributed by atoms with van der Waals surface area (Å²) in [6, 6.07) is 14.6. The Hall–Kier alpha value is -2.86. The van der Waals surface area contributed by atoms with Crippen molar-refractivity contribution in [3.63, 3.8) is 0 Å². The topological polar surface area (TPSA) is 71.3 Å². The van der Waals surface area contributed by atoms with E-state index >= 15 is 0 Å². The van der Waals surface area contributed by atoms with E-state index in [1.54, 1.807) is 29.2 Å². The predicted octanol–water partition coefficient (Wildman–Crippen LogP) is 5.07. The SMILES string of the molecule is Cc1cccc(-c2noc([C@H]3CCCN3C(=O)Nc3ccc(Cl)cc3)n2)c1. The Bertz CT molecular complexity index is 955. The molecule has 7 heteroatoms. The Labute approximate surface area is 162 Å². The predicted molar refractivity (Wildman–Crippen MR) is 104 cm³/mol. The van der Waals surface area contributed by atoms with Crippen molar-refractivity contribution in [2.24, 2.45) is 0 Å². The molecule has 1 fully saturated rings. The smallest absolute Gasteiger partial charge is 0.322 e. The van der Waals surface area contributed by atoms with E-state index in [-0.39, 0.29) is 12.1 Å². The molecule has 0 unspecified atom stereocenters. The molecule has 2 amide bonds. The van der Waals surface area contributed by atoms with E-state index in [0.717, 1.165) is 24.0 Å². The fourth-order valence-corrected chi connectivity index (χ4v) is 3.39. The van der Waals surface area contributed by atoms with Crippen molar-refractivity contribution in [3.05, 3.63) is 65.0 Å². The zero-order chi connectivity index (χ0) is 18.8. The third kappa shape index (κ3) is 3.80. The summed E-state index contributed by atoms with van der Waals surface area (Å²) in [7, 11) is 0. The summed E-state index contributed by atoms with van der Waals surface area (Å²) in [5.41, 5.74) is 2.73. The molecule has 1 aliphatic heterocycles. The van der Waals surface area contributed by atoms with Crippen LogP contribution in [0.1, 0.15) is 30.3 Å². The Balaban J connectivity index is 1.51. The average molecular weight is 383 g/mol. The summed E-state index contributed by atoms with van der Waals surface area (Å²) in [4.78, 5) is 19.0. The number of anilines is 1. The molecule has 27 heavy (non-hydrogen) atoms. The van der Waals surface area contributed by atoms with E-state index in [2.05, 4.69) is 15.5 Å². The number of carbonyl (C=O) groups excluding carboxylic acids is 1. The maximum absolute atomic E-state index is 12.7. The average Bonchev–Trinajstić information content (AvgIpc) is 3.33. The van der Waals surface area contributed by atoms with Gasteiger partial charge < -0.3 is 14.7 Å². The molecule has 0 radical (unpaired) electrons. The van der Waals surface area contributed by atoms with Crippen molar-refractivity contribution in [3.8, 4) is 11.4 Å². The van der Waals surface area contributed by atoms with Crippen molar-refractivity contribution in [1.82, 2.24) is 15.0 Å². The van der Waals surface area contributed by atoms with Crippen LogP contribution in [0.25, 0.3) is 11.4 Å². The minimum absolute atomic E-state index is 0.185. The highest BCUT2D eigenvalue weighted by atomic mass is 35.5. The molecule has 0 aliphatic carbocycles. The van der Waals surface area contributed by atoms with Crippen LogP contribution in [0.3, 0.4) is 0 Å². The Morgan fingerprint density at radius 3 is 2.85 bits per heavy atom. The third-order valence-corrected chi connectivity index (χ3v) is 4.86. The number of likely N-dealkylation sites (tertiary alicyclic amines) is 1. The molecule has 0 spiro atoms. The number of aromatic nitrogens is 2. The fraction of sp³-hybridized carbons (Fsp3) is 0.250. The fourth-order valence-electron chi connectivity index (χ4n) is 3.27. The van der Waals surface area contributed by atoms with Gasteiger partial charge in [-0.15, -0.1) is 0 Å². The van der Waals surface area contributed by atoms with Gasteiger partial charge >= 0.3 is 6.03 Å². The first-order valence-corrected chi connectivity index (χ1v) is 9.22. The van der Waals surface area contributed by atoms with Gasteiger partial charge in [-0.05, 0) is 50.1 Å². The molecule has 0 saturated carbocycles. The van der Waals surface area contributed by atoms with E-state index in [1.807, 2.05) is 31.2 Å². The minimum Gasteiger partial charge on any atom is -0.337 e. The zero-order valence-electron chi connectivity index (χ0n) is 14.9. The summed E-state index contributed by atoms with van der Waals surface area (Å²) in [5.74, 6) is 1.01. The number of nitrogens with one attached hydrogen (secondary N) is 1. The van der Waals surface area contributed by atoms with Gasteiger partial charge in [0.1, 0.15) is 6.04 Å². The highest BCUT2D eigenvalue weighted by Crippen LogP contribution is 2.32. The summed E-state index contributed by atoms with van der Waals surface area (Å²) >= 11 is 5.89. The second-order valence-corrected chi connectivity index (χ2v) is 7.05. The lowest BCUT2D eigenvalue weighted by Crippen LogP contribution is -2.34. The van der Waals surface area contributed by atoms with Crippen LogP contribution in [0, 0.1) is 6.92 Å². The van der Waals surface area contributed by atoms with Gasteiger partial charge in [0.05, 0.1) is 0 Å². The van der Waals surface area contributed by atoms with Gasteiger partial charge in [-0.1, -0.05) is 40.5 Å². The molecular formula is C20H19ClN4O2. The molecule has 3 aromatic rings. The molecule has 4 rings (SSSR count). The number of urea groups is 1. The lowest BCUT2D eigenvalue weighted by molar-refractivity contribution is 0.193. The number of aryl methyl sites for hydroxylation is 1. The number of benzene rings is 2. The summed E-state index contributed by atoms with van der Waals surface area (Å²) in [6.07, 6.45) is 1.68. The standard InChI is InChI=1S/C20H19ClN4O2/c1-13-4-2-5-14(12-13)18-23-19(27-24-18)17-6-3-11-25(17)20(26)22-16-9-7-15(21)8-10-16/h2,4-5,7-10,12,17H,3,6,11H2,1H3,(H,22,26)/t17-/m1/s1. The van der Waals surface area contributed by atoms with Crippen LogP contribution < -0.4 is 5.32 Å². The van der Waals surface area contributed by atoms with E-state index in [1.165, 1.54) is 0 Å². The number of amides is 2. The van der Waals surface area contributed by atoms with Gasteiger partial charge in [0.2, 0.25) is 11.7 Å². The third-order valence-electron chi connectivity index (χ3n) is 4.61. The molecule has 1 saturated heterocycles. The van der Waals surface area contributed by atoms with Gasteiger partial charge in [-0.3, -0.25) is 0 Å². The Morgan fingerprint density at radius 1 is 1.26 bits per heavy atom. The lowest BCUT2D eigenvalue weighted by atomic mass is 10.1. The van der Waals surface area contributed by atoms with Crippen molar-refractivity contribution in [2.45, 2.75) is 25.8 Å². The molecule has 2 aromatic carbocycles. The number of hydrogen-bond donors (Lipinski definition) is 1. The molecule has 2 heterocycles. The molecule has 1 atom stereocenters. The van der Waals surface area contributed by atoms with Crippen LogP contribution in [-0.4, -0.2) is 27.6 Å². The normalized spacial score (nSPS) is 16.5. The first kappa shape index (κ1) is 17.5. The highest BCUT2D eigenvalue weighted by molar-refractivity contribution is 6.30. The first-order chi connectivity index (χ1) is 13.1. The van der Waals surface area contributed by atoms with E-state index < -0.39 is 0 Å². The Kier molecular flexibility index (Phi) is 4.81. The van der Waals surface area contributed by atoms with Gasteiger partial charge in [-0.25, -0.2) is 4.79 Å². The first-order valence-electron chi connectivity index (χ1n) is 8.84. The second kappa shape index (κ2) is 7.40. The lowest BCUT2D eigenvalue weighted by Gasteiger charge is -2.22. The van der Waals surface area contributed by atoms with Crippen LogP contribution in [0.15, 0.2) is 53.1 Å².